The number of nitrogens with one attached hydrogen (secondary N) is 1. The molecule has 3 aromatic rings. The Bertz CT molecular complexity index is 773. The first kappa shape index (κ1) is 14.2. The molecule has 3 aromatic heterocycles. The third kappa shape index (κ3) is 2.96. The van der Waals surface area contributed by atoms with E-state index in [4.69, 9.17) is 9.47 Å². The van der Waals surface area contributed by atoms with Crippen molar-refractivity contribution in [2.45, 2.75) is 13.2 Å². The topological polar surface area (TPSA) is 86.5 Å². The molecular weight excluding hydrogens is 284 g/mol. The predicted octanol–water partition coefficient (Wildman–Crippen LogP) is 1.29. The van der Waals surface area contributed by atoms with Crippen LogP contribution in [-0.2, 0) is 17.9 Å². The molecule has 0 fully saturated rings. The Morgan fingerprint density at radius 2 is 2.09 bits per heavy atom. The third-order valence-electron chi connectivity index (χ3n) is 3.04. The summed E-state index contributed by atoms with van der Waals surface area (Å²) in [6.45, 7) is 0.803. The molecule has 0 amide bonds. The molecule has 3 rings (SSSR count). The van der Waals surface area contributed by atoms with Gasteiger partial charge in [0.1, 0.15) is 12.4 Å². The Labute approximate surface area is 127 Å². The van der Waals surface area contributed by atoms with Crippen molar-refractivity contribution in [1.29, 1.82) is 0 Å². The molecule has 0 saturated heterocycles. The zero-order chi connectivity index (χ0) is 15.4. The summed E-state index contributed by atoms with van der Waals surface area (Å²) in [6.07, 6.45) is 1.92. The molecular formula is C14H16N6O2. The summed E-state index contributed by atoms with van der Waals surface area (Å²) in [5, 5.41) is 11.5. The molecule has 0 aromatic carbocycles. The van der Waals surface area contributed by atoms with Crippen LogP contribution in [0.5, 0.6) is 5.88 Å². The van der Waals surface area contributed by atoms with Crippen LogP contribution in [0.15, 0.2) is 30.5 Å². The second-order valence-corrected chi connectivity index (χ2v) is 4.54. The Morgan fingerprint density at radius 1 is 1.18 bits per heavy atom. The first-order chi connectivity index (χ1) is 10.8. The second kappa shape index (κ2) is 6.35. The largest absolute Gasteiger partial charge is 0.481 e. The molecule has 8 nitrogen and oxygen atoms in total. The lowest BCUT2D eigenvalue weighted by Crippen LogP contribution is -2.08. The van der Waals surface area contributed by atoms with Gasteiger partial charge in [-0.25, -0.2) is 4.98 Å². The van der Waals surface area contributed by atoms with E-state index in [1.165, 1.54) is 0 Å². The van der Waals surface area contributed by atoms with Gasteiger partial charge in [0.25, 0.3) is 0 Å². The van der Waals surface area contributed by atoms with Crippen molar-refractivity contribution in [3.63, 3.8) is 0 Å². The molecule has 114 valence electrons. The average molecular weight is 300 g/mol. The van der Waals surface area contributed by atoms with Gasteiger partial charge < -0.3 is 14.8 Å². The summed E-state index contributed by atoms with van der Waals surface area (Å²) in [5.41, 5.74) is 0.805. The molecule has 22 heavy (non-hydrogen) atoms. The standard InChI is InChI=1S/C14H16N6O2/c1-21-9-11-16-10(7-14(17-11)22-2)15-8-13-19-18-12-5-3-4-6-20(12)13/h3-7H,8-9H2,1-2H3,(H,15,16,17). The van der Waals surface area contributed by atoms with Crippen LogP contribution in [0, 0.1) is 0 Å². The molecule has 0 atom stereocenters. The van der Waals surface area contributed by atoms with E-state index in [9.17, 15) is 0 Å². The van der Waals surface area contributed by atoms with Crippen LogP contribution in [0.1, 0.15) is 11.6 Å². The zero-order valence-electron chi connectivity index (χ0n) is 12.4. The van der Waals surface area contributed by atoms with Crippen LogP contribution < -0.4 is 10.1 Å². The van der Waals surface area contributed by atoms with Gasteiger partial charge in [-0.15, -0.1) is 10.2 Å². The summed E-state index contributed by atoms with van der Waals surface area (Å²) in [5.74, 6) is 2.47. The summed E-state index contributed by atoms with van der Waals surface area (Å²) >= 11 is 0. The minimum Gasteiger partial charge on any atom is -0.481 e. The molecule has 1 N–H and O–H groups in total. The minimum absolute atomic E-state index is 0.319. The highest BCUT2D eigenvalue weighted by Gasteiger charge is 2.07. The van der Waals surface area contributed by atoms with Crippen LogP contribution >= 0.6 is 0 Å². The van der Waals surface area contributed by atoms with Gasteiger partial charge in [-0.1, -0.05) is 6.07 Å². The third-order valence-corrected chi connectivity index (χ3v) is 3.04. The van der Waals surface area contributed by atoms with Crippen molar-refractivity contribution < 1.29 is 9.47 Å². The van der Waals surface area contributed by atoms with E-state index in [0.29, 0.717) is 30.7 Å². The van der Waals surface area contributed by atoms with Crippen molar-refractivity contribution in [1.82, 2.24) is 24.6 Å². The SMILES string of the molecule is COCc1nc(NCc2nnc3ccccn23)cc(OC)n1. The lowest BCUT2D eigenvalue weighted by atomic mass is 10.4. The zero-order valence-corrected chi connectivity index (χ0v) is 12.4. The van der Waals surface area contributed by atoms with Crippen LogP contribution in [0.2, 0.25) is 0 Å². The van der Waals surface area contributed by atoms with Crippen molar-refractivity contribution in [3.05, 3.63) is 42.1 Å². The number of aromatic nitrogens is 5. The van der Waals surface area contributed by atoms with Gasteiger partial charge in [0, 0.05) is 19.4 Å². The van der Waals surface area contributed by atoms with E-state index < -0.39 is 0 Å². The second-order valence-electron chi connectivity index (χ2n) is 4.54. The monoisotopic (exact) mass is 300 g/mol. The quantitative estimate of drug-likeness (QED) is 0.734. The highest BCUT2D eigenvalue weighted by atomic mass is 16.5. The fourth-order valence-electron chi connectivity index (χ4n) is 2.04. The van der Waals surface area contributed by atoms with Crippen LogP contribution in [0.25, 0.3) is 5.65 Å². The van der Waals surface area contributed by atoms with Gasteiger partial charge in [0.05, 0.1) is 13.7 Å². The maximum absolute atomic E-state index is 5.17. The van der Waals surface area contributed by atoms with Gasteiger partial charge in [0.15, 0.2) is 17.3 Å². The molecule has 0 aliphatic carbocycles. The van der Waals surface area contributed by atoms with E-state index in [0.717, 1.165) is 11.5 Å². The molecule has 0 aliphatic rings. The van der Waals surface area contributed by atoms with Crippen LogP contribution in [0.3, 0.4) is 0 Å². The van der Waals surface area contributed by atoms with Crippen LogP contribution in [-0.4, -0.2) is 38.8 Å². The Kier molecular flexibility index (Phi) is 4.10. The maximum Gasteiger partial charge on any atom is 0.218 e. The van der Waals surface area contributed by atoms with Gasteiger partial charge in [0.2, 0.25) is 5.88 Å². The van der Waals surface area contributed by atoms with E-state index in [2.05, 4.69) is 25.5 Å². The number of ether oxygens (including phenoxy) is 2. The molecule has 0 bridgehead atoms. The highest BCUT2D eigenvalue weighted by Crippen LogP contribution is 2.14. The number of anilines is 1. The van der Waals surface area contributed by atoms with Crippen molar-refractivity contribution >= 4 is 11.5 Å². The highest BCUT2D eigenvalue weighted by molar-refractivity contribution is 5.40. The molecule has 0 radical (unpaired) electrons. The fourth-order valence-corrected chi connectivity index (χ4v) is 2.04. The summed E-state index contributed by atoms with van der Waals surface area (Å²) in [6, 6.07) is 7.49. The Morgan fingerprint density at radius 3 is 2.91 bits per heavy atom. The first-order valence-corrected chi connectivity index (χ1v) is 6.73. The van der Waals surface area contributed by atoms with Gasteiger partial charge in [-0.3, -0.25) is 4.40 Å². The number of nitrogens with zero attached hydrogens (tertiary/aromatic N) is 5. The molecule has 8 heteroatoms. The van der Waals surface area contributed by atoms with E-state index in [1.807, 2.05) is 28.8 Å². The molecule has 0 saturated carbocycles. The number of hydrogen-bond donors (Lipinski definition) is 1. The molecule has 0 unspecified atom stereocenters. The summed E-state index contributed by atoms with van der Waals surface area (Å²) in [4.78, 5) is 8.57. The van der Waals surface area contributed by atoms with Gasteiger partial charge in [-0.2, -0.15) is 4.98 Å². The van der Waals surface area contributed by atoms with Crippen LogP contribution in [0.4, 0.5) is 5.82 Å². The lowest BCUT2D eigenvalue weighted by Gasteiger charge is -2.08. The van der Waals surface area contributed by atoms with Crippen molar-refractivity contribution in [2.24, 2.45) is 0 Å². The number of fused-ring (bicyclic) bond motifs is 1. The van der Waals surface area contributed by atoms with Gasteiger partial charge >= 0.3 is 0 Å². The smallest absolute Gasteiger partial charge is 0.218 e. The minimum atomic E-state index is 0.319. The average Bonchev–Trinajstić information content (AvgIpc) is 2.96. The fraction of sp³-hybridized carbons (Fsp3) is 0.286. The molecule has 0 aliphatic heterocycles. The van der Waals surface area contributed by atoms with Gasteiger partial charge in [-0.05, 0) is 12.1 Å². The number of pyridine rings is 1. The Hall–Kier alpha value is -2.74. The lowest BCUT2D eigenvalue weighted by molar-refractivity contribution is 0.177. The summed E-state index contributed by atoms with van der Waals surface area (Å²) in [7, 11) is 3.16. The number of methoxy groups -OCH3 is 2. The van der Waals surface area contributed by atoms with E-state index in [-0.39, 0.29) is 0 Å². The maximum atomic E-state index is 5.17. The van der Waals surface area contributed by atoms with E-state index >= 15 is 0 Å². The van der Waals surface area contributed by atoms with E-state index in [1.54, 1.807) is 20.3 Å². The molecule has 3 heterocycles. The number of rotatable bonds is 6. The van der Waals surface area contributed by atoms with Crippen molar-refractivity contribution in [3.8, 4) is 5.88 Å². The number of hydrogen-bond acceptors (Lipinski definition) is 7. The first-order valence-electron chi connectivity index (χ1n) is 6.73. The predicted molar refractivity (Wildman–Crippen MR) is 79.6 cm³/mol. The summed E-state index contributed by atoms with van der Waals surface area (Å²) < 4.78 is 12.1. The normalized spacial score (nSPS) is 10.8. The van der Waals surface area contributed by atoms with Crippen molar-refractivity contribution in [2.75, 3.05) is 19.5 Å². The molecule has 0 spiro atoms. The Balaban J connectivity index is 1.79.